The fourth-order valence-electron chi connectivity index (χ4n) is 4.43. The van der Waals surface area contributed by atoms with Gasteiger partial charge in [0.15, 0.2) is 0 Å². The first kappa shape index (κ1) is 24.1. The van der Waals surface area contributed by atoms with Gasteiger partial charge in [-0.05, 0) is 62.1 Å². The van der Waals surface area contributed by atoms with Crippen molar-refractivity contribution in [3.8, 4) is 5.75 Å². The van der Waals surface area contributed by atoms with Crippen LogP contribution in [-0.4, -0.2) is 24.9 Å². The second-order valence-corrected chi connectivity index (χ2v) is 9.31. The molecule has 34 heavy (non-hydrogen) atoms. The predicted octanol–water partition coefficient (Wildman–Crippen LogP) is 6.65. The Morgan fingerprint density at radius 1 is 1.00 bits per heavy atom. The van der Waals surface area contributed by atoms with Gasteiger partial charge in [-0.3, -0.25) is 0 Å². The molecule has 0 radical (unpaired) electrons. The van der Waals surface area contributed by atoms with Crippen LogP contribution < -0.4 is 10.1 Å². The van der Waals surface area contributed by atoms with Gasteiger partial charge in [-0.1, -0.05) is 60.7 Å². The molecular weight excluding hydrogens is 422 g/mol. The number of hydrogen-bond acceptors (Lipinski definition) is 4. The van der Waals surface area contributed by atoms with Crippen molar-refractivity contribution in [2.75, 3.05) is 18.5 Å². The summed E-state index contributed by atoms with van der Waals surface area (Å²) in [4.78, 5) is 0. The highest BCUT2D eigenvalue weighted by molar-refractivity contribution is 5.54. The van der Waals surface area contributed by atoms with Crippen LogP contribution in [0.3, 0.4) is 0 Å². The van der Waals surface area contributed by atoms with Crippen LogP contribution in [0.5, 0.6) is 5.75 Å². The molecule has 2 unspecified atom stereocenters. The average molecular weight is 458 g/mol. The fraction of sp³-hybridized carbons (Fsp3) is 0.333. The maximum Gasteiger partial charge on any atom is 0.132 e. The summed E-state index contributed by atoms with van der Waals surface area (Å²) < 4.78 is 19.1. The highest BCUT2D eigenvalue weighted by Gasteiger charge is 2.45. The number of benzene rings is 3. The molecule has 0 aliphatic carbocycles. The minimum atomic E-state index is -0.538. The molecule has 4 nitrogen and oxygen atoms in total. The van der Waals surface area contributed by atoms with Crippen molar-refractivity contribution in [3.05, 3.63) is 108 Å². The smallest absolute Gasteiger partial charge is 0.132 e. The number of ether oxygens (including phenoxy) is 3. The topological polar surface area (TPSA) is 39.7 Å². The monoisotopic (exact) mass is 457 g/mol. The van der Waals surface area contributed by atoms with Crippen molar-refractivity contribution in [2.45, 2.75) is 51.5 Å². The highest BCUT2D eigenvalue weighted by atomic mass is 16.6. The Kier molecular flexibility index (Phi) is 7.71. The van der Waals surface area contributed by atoms with Crippen molar-refractivity contribution in [2.24, 2.45) is 0 Å². The molecule has 1 aliphatic heterocycles. The van der Waals surface area contributed by atoms with Crippen LogP contribution in [0.15, 0.2) is 85.5 Å². The number of anilines is 1. The molecule has 4 rings (SSSR count). The maximum absolute atomic E-state index is 6.53. The molecule has 3 aromatic rings. The third-order valence-electron chi connectivity index (χ3n) is 6.32. The molecule has 0 saturated heterocycles. The fourth-order valence-corrected chi connectivity index (χ4v) is 4.43. The zero-order chi connectivity index (χ0) is 24.0. The first-order valence-electron chi connectivity index (χ1n) is 12.0. The molecule has 0 saturated carbocycles. The van der Waals surface area contributed by atoms with Gasteiger partial charge in [0.1, 0.15) is 23.6 Å². The summed E-state index contributed by atoms with van der Waals surface area (Å²) in [6.07, 6.45) is 2.10. The summed E-state index contributed by atoms with van der Waals surface area (Å²) in [5, 5.41) is 3.57. The summed E-state index contributed by atoms with van der Waals surface area (Å²) in [7, 11) is 0. The SMILES string of the molecule is C=CCOC1C(OCCc2ccccc2)c2cc(NCc3ccccc3C)ccc2OC1(C)C. The zero-order valence-electron chi connectivity index (χ0n) is 20.4. The van der Waals surface area contributed by atoms with E-state index in [1.54, 1.807) is 6.08 Å². The van der Waals surface area contributed by atoms with Crippen molar-refractivity contribution in [1.82, 2.24) is 0 Å². The number of nitrogens with one attached hydrogen (secondary N) is 1. The van der Waals surface area contributed by atoms with E-state index >= 15 is 0 Å². The number of aryl methyl sites for hydroxylation is 1. The second kappa shape index (κ2) is 10.9. The van der Waals surface area contributed by atoms with Gasteiger partial charge in [-0.25, -0.2) is 0 Å². The lowest BCUT2D eigenvalue weighted by molar-refractivity contribution is -0.156. The molecular formula is C30H35NO3. The maximum atomic E-state index is 6.53. The molecule has 0 bridgehead atoms. The summed E-state index contributed by atoms with van der Waals surface area (Å²) in [6, 6.07) is 25.1. The van der Waals surface area contributed by atoms with Gasteiger partial charge in [0.25, 0.3) is 0 Å². The Labute approximate surface area is 203 Å². The van der Waals surface area contributed by atoms with Crippen molar-refractivity contribution in [1.29, 1.82) is 0 Å². The molecule has 3 aromatic carbocycles. The molecule has 4 heteroatoms. The summed E-state index contributed by atoms with van der Waals surface area (Å²) in [5.41, 5.74) is 5.31. The predicted molar refractivity (Wildman–Crippen MR) is 138 cm³/mol. The van der Waals surface area contributed by atoms with Gasteiger partial charge in [0.05, 0.1) is 13.2 Å². The van der Waals surface area contributed by atoms with E-state index in [1.165, 1.54) is 16.7 Å². The van der Waals surface area contributed by atoms with E-state index < -0.39 is 5.60 Å². The van der Waals surface area contributed by atoms with Gasteiger partial charge in [-0.2, -0.15) is 0 Å². The van der Waals surface area contributed by atoms with Gasteiger partial charge < -0.3 is 19.5 Å². The van der Waals surface area contributed by atoms with Crippen LogP contribution in [0.25, 0.3) is 0 Å². The van der Waals surface area contributed by atoms with Crippen LogP contribution in [0.4, 0.5) is 5.69 Å². The van der Waals surface area contributed by atoms with Crippen molar-refractivity contribution >= 4 is 5.69 Å². The van der Waals surface area contributed by atoms with E-state index in [-0.39, 0.29) is 12.2 Å². The quantitative estimate of drug-likeness (QED) is 0.346. The van der Waals surface area contributed by atoms with Crippen LogP contribution in [-0.2, 0) is 22.4 Å². The average Bonchev–Trinajstić information content (AvgIpc) is 2.83. The highest BCUT2D eigenvalue weighted by Crippen LogP contribution is 2.44. The van der Waals surface area contributed by atoms with E-state index in [0.29, 0.717) is 13.2 Å². The van der Waals surface area contributed by atoms with Gasteiger partial charge in [0, 0.05) is 17.8 Å². The van der Waals surface area contributed by atoms with Crippen LogP contribution in [0.2, 0.25) is 0 Å². The molecule has 0 amide bonds. The largest absolute Gasteiger partial charge is 0.485 e. The zero-order valence-corrected chi connectivity index (χ0v) is 20.4. The normalized spacial score (nSPS) is 18.6. The lowest BCUT2D eigenvalue weighted by atomic mass is 9.87. The third kappa shape index (κ3) is 5.69. The number of rotatable bonds is 10. The Bertz CT molecular complexity index is 1090. The summed E-state index contributed by atoms with van der Waals surface area (Å²) in [5.74, 6) is 0.842. The molecule has 1 aliphatic rings. The van der Waals surface area contributed by atoms with E-state index in [2.05, 4.69) is 93.3 Å². The van der Waals surface area contributed by atoms with Crippen LogP contribution >= 0.6 is 0 Å². The number of fused-ring (bicyclic) bond motifs is 1. The Morgan fingerprint density at radius 2 is 1.76 bits per heavy atom. The molecule has 1 N–H and O–H groups in total. The Hall–Kier alpha value is -3.08. The van der Waals surface area contributed by atoms with E-state index in [9.17, 15) is 0 Å². The minimum absolute atomic E-state index is 0.248. The lowest BCUT2D eigenvalue weighted by Gasteiger charge is -2.44. The van der Waals surface area contributed by atoms with Crippen molar-refractivity contribution < 1.29 is 14.2 Å². The summed E-state index contributed by atoms with van der Waals surface area (Å²) >= 11 is 0. The van der Waals surface area contributed by atoms with E-state index in [0.717, 1.165) is 30.0 Å². The Morgan fingerprint density at radius 3 is 2.53 bits per heavy atom. The lowest BCUT2D eigenvalue weighted by Crippen LogP contribution is -2.51. The number of hydrogen-bond donors (Lipinski definition) is 1. The molecule has 0 aromatic heterocycles. The van der Waals surface area contributed by atoms with Crippen molar-refractivity contribution in [3.63, 3.8) is 0 Å². The molecule has 0 spiro atoms. The Balaban J connectivity index is 1.57. The molecule has 1 heterocycles. The molecule has 2 atom stereocenters. The van der Waals surface area contributed by atoms with Gasteiger partial charge in [-0.15, -0.1) is 6.58 Å². The molecule has 178 valence electrons. The first-order chi connectivity index (χ1) is 16.5. The van der Waals surface area contributed by atoms with Gasteiger partial charge in [0.2, 0.25) is 0 Å². The van der Waals surface area contributed by atoms with Crippen LogP contribution in [0, 0.1) is 6.92 Å². The van der Waals surface area contributed by atoms with Crippen LogP contribution in [0.1, 0.15) is 42.2 Å². The van der Waals surface area contributed by atoms with E-state index in [1.807, 2.05) is 12.1 Å². The van der Waals surface area contributed by atoms with E-state index in [4.69, 9.17) is 14.2 Å². The first-order valence-corrected chi connectivity index (χ1v) is 12.0. The minimum Gasteiger partial charge on any atom is -0.485 e. The molecule has 0 fully saturated rings. The standard InChI is InChI=1S/C30H35NO3/c1-5-18-33-29-28(32-19-17-23-12-7-6-8-13-23)26-20-25(15-16-27(26)34-30(29,3)4)31-21-24-14-10-9-11-22(24)2/h5-16,20,28-29,31H,1,17-19,21H2,2-4H3. The summed E-state index contributed by atoms with van der Waals surface area (Å²) in [6.45, 7) is 11.9. The second-order valence-electron chi connectivity index (χ2n) is 9.31. The van der Waals surface area contributed by atoms with Gasteiger partial charge >= 0.3 is 0 Å². The third-order valence-corrected chi connectivity index (χ3v) is 6.32.